The fourth-order valence-corrected chi connectivity index (χ4v) is 2.33. The molecule has 4 N–H and O–H groups in total. The lowest BCUT2D eigenvalue weighted by Gasteiger charge is -2.20. The van der Waals surface area contributed by atoms with Crippen LogP contribution in [0, 0.1) is 0 Å². The van der Waals surface area contributed by atoms with E-state index in [0.29, 0.717) is 11.3 Å². The number of hydrogen-bond acceptors (Lipinski definition) is 5. The van der Waals surface area contributed by atoms with Crippen LogP contribution in [0.4, 0.5) is 5.69 Å². The molecule has 6 nitrogen and oxygen atoms in total. The van der Waals surface area contributed by atoms with Crippen molar-refractivity contribution in [3.8, 4) is 0 Å². The standard InChI is InChI=1S/C12H18N4O2/c1-18-11-4-2-3-9(11)15-12(17)8-5-6-14-7-10(8)16-13/h5-7,9,11,16H,2-4,13H2,1H3,(H,15,17). The molecular formula is C12H18N4O2. The van der Waals surface area contributed by atoms with Gasteiger partial charge in [-0.25, -0.2) is 0 Å². The Kier molecular flexibility index (Phi) is 4.11. The lowest BCUT2D eigenvalue weighted by molar-refractivity contribution is 0.0722. The minimum atomic E-state index is -0.153. The highest BCUT2D eigenvalue weighted by atomic mass is 16.5. The molecule has 0 saturated heterocycles. The van der Waals surface area contributed by atoms with Crippen molar-refractivity contribution in [2.24, 2.45) is 5.84 Å². The molecule has 0 spiro atoms. The van der Waals surface area contributed by atoms with Crippen molar-refractivity contribution in [2.75, 3.05) is 12.5 Å². The summed E-state index contributed by atoms with van der Waals surface area (Å²) in [5.41, 5.74) is 3.48. The van der Waals surface area contributed by atoms with E-state index < -0.39 is 0 Å². The fourth-order valence-electron chi connectivity index (χ4n) is 2.33. The Morgan fingerprint density at radius 1 is 1.56 bits per heavy atom. The van der Waals surface area contributed by atoms with Gasteiger partial charge in [-0.2, -0.15) is 0 Å². The summed E-state index contributed by atoms with van der Waals surface area (Å²) >= 11 is 0. The Bertz CT molecular complexity index is 424. The molecule has 1 aliphatic carbocycles. The Morgan fingerprint density at radius 3 is 3.11 bits per heavy atom. The van der Waals surface area contributed by atoms with Gasteiger partial charge in [-0.15, -0.1) is 0 Å². The minimum Gasteiger partial charge on any atom is -0.379 e. The number of rotatable bonds is 4. The minimum absolute atomic E-state index is 0.0706. The second-order valence-electron chi connectivity index (χ2n) is 4.35. The number of hydrazine groups is 1. The van der Waals surface area contributed by atoms with E-state index in [2.05, 4.69) is 15.7 Å². The first-order chi connectivity index (χ1) is 8.76. The Labute approximate surface area is 106 Å². The van der Waals surface area contributed by atoms with E-state index in [1.807, 2.05) is 0 Å². The molecule has 2 unspecified atom stereocenters. The monoisotopic (exact) mass is 250 g/mol. The zero-order valence-corrected chi connectivity index (χ0v) is 10.3. The van der Waals surface area contributed by atoms with Crippen LogP contribution in [0.1, 0.15) is 29.6 Å². The highest BCUT2D eigenvalue weighted by molar-refractivity contribution is 5.99. The van der Waals surface area contributed by atoms with E-state index in [1.54, 1.807) is 19.4 Å². The largest absolute Gasteiger partial charge is 0.379 e. The van der Waals surface area contributed by atoms with Gasteiger partial charge >= 0.3 is 0 Å². The molecule has 2 rings (SSSR count). The number of ether oxygens (including phenoxy) is 1. The van der Waals surface area contributed by atoms with Gasteiger partial charge in [0, 0.05) is 13.3 Å². The number of hydrogen-bond donors (Lipinski definition) is 3. The average Bonchev–Trinajstić information content (AvgIpc) is 2.85. The van der Waals surface area contributed by atoms with Crippen LogP contribution < -0.4 is 16.6 Å². The van der Waals surface area contributed by atoms with Gasteiger partial charge in [0.1, 0.15) is 0 Å². The molecular weight excluding hydrogens is 232 g/mol. The predicted molar refractivity (Wildman–Crippen MR) is 67.9 cm³/mol. The lowest BCUT2D eigenvalue weighted by atomic mass is 10.1. The van der Waals surface area contributed by atoms with Crippen molar-refractivity contribution in [3.63, 3.8) is 0 Å². The van der Waals surface area contributed by atoms with Gasteiger partial charge < -0.3 is 15.5 Å². The molecule has 1 aromatic heterocycles. The quantitative estimate of drug-likeness (QED) is 0.539. The van der Waals surface area contributed by atoms with Gasteiger partial charge in [-0.1, -0.05) is 0 Å². The molecule has 1 aromatic rings. The summed E-state index contributed by atoms with van der Waals surface area (Å²) in [5.74, 6) is 5.20. The molecule has 0 aromatic carbocycles. The summed E-state index contributed by atoms with van der Waals surface area (Å²) in [5, 5.41) is 2.98. The first-order valence-corrected chi connectivity index (χ1v) is 6.00. The number of nitrogens with two attached hydrogens (primary N) is 1. The van der Waals surface area contributed by atoms with E-state index >= 15 is 0 Å². The SMILES string of the molecule is COC1CCCC1NC(=O)c1ccncc1NN. The zero-order valence-electron chi connectivity index (χ0n) is 10.3. The number of nitrogen functional groups attached to an aromatic ring is 1. The topological polar surface area (TPSA) is 89.3 Å². The first-order valence-electron chi connectivity index (χ1n) is 6.00. The molecule has 1 heterocycles. The summed E-state index contributed by atoms with van der Waals surface area (Å²) < 4.78 is 5.35. The third-order valence-electron chi connectivity index (χ3n) is 3.29. The van der Waals surface area contributed by atoms with E-state index in [-0.39, 0.29) is 18.1 Å². The second-order valence-corrected chi connectivity index (χ2v) is 4.35. The van der Waals surface area contributed by atoms with E-state index in [9.17, 15) is 4.79 Å². The van der Waals surface area contributed by atoms with Gasteiger partial charge in [-0.3, -0.25) is 15.6 Å². The highest BCUT2D eigenvalue weighted by Gasteiger charge is 2.29. The fraction of sp³-hybridized carbons (Fsp3) is 0.500. The highest BCUT2D eigenvalue weighted by Crippen LogP contribution is 2.22. The van der Waals surface area contributed by atoms with E-state index in [4.69, 9.17) is 10.6 Å². The number of carbonyl (C=O) groups excluding carboxylic acids is 1. The summed E-state index contributed by atoms with van der Waals surface area (Å²) in [7, 11) is 1.68. The Morgan fingerprint density at radius 2 is 2.39 bits per heavy atom. The molecule has 18 heavy (non-hydrogen) atoms. The molecule has 0 bridgehead atoms. The summed E-state index contributed by atoms with van der Waals surface area (Å²) in [6.45, 7) is 0. The van der Waals surface area contributed by atoms with Gasteiger partial charge in [0.05, 0.1) is 29.6 Å². The molecule has 6 heteroatoms. The molecule has 1 aliphatic rings. The van der Waals surface area contributed by atoms with Crippen molar-refractivity contribution >= 4 is 11.6 Å². The van der Waals surface area contributed by atoms with Crippen LogP contribution >= 0.6 is 0 Å². The van der Waals surface area contributed by atoms with Crippen LogP contribution in [-0.4, -0.2) is 30.1 Å². The van der Waals surface area contributed by atoms with Crippen LogP contribution in [0.3, 0.4) is 0 Å². The summed E-state index contributed by atoms with van der Waals surface area (Å²) in [6, 6.07) is 1.71. The molecule has 98 valence electrons. The van der Waals surface area contributed by atoms with Crippen molar-refractivity contribution in [1.82, 2.24) is 10.3 Å². The number of amides is 1. The normalized spacial score (nSPS) is 22.8. The smallest absolute Gasteiger partial charge is 0.253 e. The summed E-state index contributed by atoms with van der Waals surface area (Å²) in [6.07, 6.45) is 6.20. The first kappa shape index (κ1) is 12.8. The molecule has 1 amide bonds. The maximum atomic E-state index is 12.2. The molecule has 2 atom stereocenters. The second kappa shape index (κ2) is 5.79. The molecule has 1 saturated carbocycles. The molecule has 0 aliphatic heterocycles. The third-order valence-corrected chi connectivity index (χ3v) is 3.29. The number of nitrogens with zero attached hydrogens (tertiary/aromatic N) is 1. The van der Waals surface area contributed by atoms with Crippen LogP contribution in [0.15, 0.2) is 18.5 Å². The van der Waals surface area contributed by atoms with Crippen LogP contribution in [-0.2, 0) is 4.74 Å². The number of aromatic nitrogens is 1. The van der Waals surface area contributed by atoms with Crippen LogP contribution in [0.25, 0.3) is 0 Å². The number of nitrogens with one attached hydrogen (secondary N) is 2. The number of anilines is 1. The maximum Gasteiger partial charge on any atom is 0.253 e. The van der Waals surface area contributed by atoms with Crippen molar-refractivity contribution in [1.29, 1.82) is 0 Å². The van der Waals surface area contributed by atoms with Crippen molar-refractivity contribution in [3.05, 3.63) is 24.0 Å². The molecule has 0 radical (unpaired) electrons. The third kappa shape index (κ3) is 2.60. The zero-order chi connectivity index (χ0) is 13.0. The number of methoxy groups -OCH3 is 1. The van der Waals surface area contributed by atoms with Gasteiger partial charge in [0.25, 0.3) is 5.91 Å². The van der Waals surface area contributed by atoms with E-state index in [0.717, 1.165) is 19.3 Å². The predicted octanol–water partition coefficient (Wildman–Crippen LogP) is 0.665. The Hall–Kier alpha value is -1.66. The lowest BCUT2D eigenvalue weighted by Crippen LogP contribution is -2.41. The van der Waals surface area contributed by atoms with E-state index in [1.165, 1.54) is 6.20 Å². The van der Waals surface area contributed by atoms with Crippen molar-refractivity contribution < 1.29 is 9.53 Å². The van der Waals surface area contributed by atoms with Gasteiger partial charge in [-0.05, 0) is 25.3 Å². The van der Waals surface area contributed by atoms with Crippen LogP contribution in [0.5, 0.6) is 0 Å². The Balaban J connectivity index is 2.07. The number of pyridine rings is 1. The summed E-state index contributed by atoms with van der Waals surface area (Å²) in [4.78, 5) is 16.1. The van der Waals surface area contributed by atoms with Gasteiger partial charge in [0.15, 0.2) is 0 Å². The van der Waals surface area contributed by atoms with Gasteiger partial charge in [0.2, 0.25) is 0 Å². The van der Waals surface area contributed by atoms with Crippen LogP contribution in [0.2, 0.25) is 0 Å². The maximum absolute atomic E-state index is 12.2. The van der Waals surface area contributed by atoms with Crippen molar-refractivity contribution in [2.45, 2.75) is 31.4 Å². The average molecular weight is 250 g/mol. The molecule has 1 fully saturated rings. The number of carbonyl (C=O) groups is 1.